The van der Waals surface area contributed by atoms with Crippen LogP contribution < -0.4 is 10.6 Å². The SMILES string of the molecule is CCCc1nc(NC)c(C)c(NCCCN(CC)CC)n1. The highest BCUT2D eigenvalue weighted by molar-refractivity contribution is 5.56. The van der Waals surface area contributed by atoms with E-state index in [0.717, 1.165) is 68.5 Å². The van der Waals surface area contributed by atoms with Crippen LogP contribution in [0.5, 0.6) is 0 Å². The van der Waals surface area contributed by atoms with Gasteiger partial charge in [0.1, 0.15) is 17.5 Å². The fourth-order valence-electron chi connectivity index (χ4n) is 2.36. The molecule has 0 aliphatic rings. The molecule has 0 aliphatic carbocycles. The van der Waals surface area contributed by atoms with Gasteiger partial charge in [-0.3, -0.25) is 0 Å². The summed E-state index contributed by atoms with van der Waals surface area (Å²) in [4.78, 5) is 11.6. The van der Waals surface area contributed by atoms with Crippen LogP contribution in [0.2, 0.25) is 0 Å². The van der Waals surface area contributed by atoms with Crippen molar-refractivity contribution in [3.63, 3.8) is 0 Å². The largest absolute Gasteiger partial charge is 0.373 e. The van der Waals surface area contributed by atoms with Gasteiger partial charge in [-0.1, -0.05) is 20.8 Å². The van der Waals surface area contributed by atoms with Crippen molar-refractivity contribution < 1.29 is 0 Å². The van der Waals surface area contributed by atoms with E-state index in [1.807, 2.05) is 7.05 Å². The Hall–Kier alpha value is -1.36. The molecule has 5 heteroatoms. The predicted octanol–water partition coefficient (Wildman–Crippen LogP) is 2.92. The molecule has 0 spiro atoms. The van der Waals surface area contributed by atoms with E-state index in [0.29, 0.717) is 0 Å². The van der Waals surface area contributed by atoms with E-state index in [9.17, 15) is 0 Å². The Morgan fingerprint density at radius 2 is 1.71 bits per heavy atom. The first-order valence-electron chi connectivity index (χ1n) is 8.17. The van der Waals surface area contributed by atoms with Crippen molar-refractivity contribution in [2.75, 3.05) is 43.9 Å². The van der Waals surface area contributed by atoms with Crippen LogP contribution in [0.1, 0.15) is 45.0 Å². The minimum atomic E-state index is 0.915. The van der Waals surface area contributed by atoms with Crippen LogP contribution in [0.25, 0.3) is 0 Å². The summed E-state index contributed by atoms with van der Waals surface area (Å²) in [7, 11) is 1.91. The summed E-state index contributed by atoms with van der Waals surface area (Å²) in [5.74, 6) is 2.82. The molecule has 1 rings (SSSR count). The highest BCUT2D eigenvalue weighted by Gasteiger charge is 2.09. The highest BCUT2D eigenvalue weighted by Crippen LogP contribution is 2.20. The molecule has 0 fully saturated rings. The van der Waals surface area contributed by atoms with Crippen molar-refractivity contribution in [3.05, 3.63) is 11.4 Å². The lowest BCUT2D eigenvalue weighted by Crippen LogP contribution is -2.25. The summed E-state index contributed by atoms with van der Waals surface area (Å²) in [6.07, 6.45) is 3.11. The predicted molar refractivity (Wildman–Crippen MR) is 91.2 cm³/mol. The summed E-state index contributed by atoms with van der Waals surface area (Å²) >= 11 is 0. The Kier molecular flexibility index (Phi) is 8.05. The Balaban J connectivity index is 2.62. The molecule has 5 nitrogen and oxygen atoms in total. The normalized spacial score (nSPS) is 11.0. The van der Waals surface area contributed by atoms with Gasteiger partial charge in [-0.2, -0.15) is 0 Å². The highest BCUT2D eigenvalue weighted by atomic mass is 15.1. The molecule has 0 aliphatic heterocycles. The quantitative estimate of drug-likeness (QED) is 0.650. The number of anilines is 2. The zero-order valence-electron chi connectivity index (χ0n) is 14.3. The molecule has 2 N–H and O–H groups in total. The lowest BCUT2D eigenvalue weighted by atomic mass is 10.2. The number of nitrogens with one attached hydrogen (secondary N) is 2. The van der Waals surface area contributed by atoms with E-state index in [4.69, 9.17) is 0 Å². The van der Waals surface area contributed by atoms with E-state index in [-0.39, 0.29) is 0 Å². The van der Waals surface area contributed by atoms with Crippen LogP contribution in [-0.4, -0.2) is 48.1 Å². The molecule has 0 atom stereocenters. The minimum Gasteiger partial charge on any atom is -0.373 e. The van der Waals surface area contributed by atoms with Crippen LogP contribution in [-0.2, 0) is 6.42 Å². The third kappa shape index (κ3) is 5.50. The maximum atomic E-state index is 4.65. The molecule has 0 aromatic carbocycles. The van der Waals surface area contributed by atoms with E-state index in [2.05, 4.69) is 53.2 Å². The lowest BCUT2D eigenvalue weighted by Gasteiger charge is -2.18. The van der Waals surface area contributed by atoms with Crippen LogP contribution in [0.3, 0.4) is 0 Å². The fraction of sp³-hybridized carbons (Fsp3) is 0.750. The lowest BCUT2D eigenvalue weighted by molar-refractivity contribution is 0.303. The first-order valence-corrected chi connectivity index (χ1v) is 8.17. The van der Waals surface area contributed by atoms with Gasteiger partial charge in [-0.15, -0.1) is 0 Å². The zero-order chi connectivity index (χ0) is 15.7. The Morgan fingerprint density at radius 3 is 2.29 bits per heavy atom. The van der Waals surface area contributed by atoms with Crippen LogP contribution in [0.15, 0.2) is 0 Å². The smallest absolute Gasteiger partial charge is 0.134 e. The standard InChI is InChI=1S/C16H31N5/c1-6-10-14-19-15(17-5)13(4)16(20-14)18-11-9-12-21(7-2)8-3/h6-12H2,1-5H3,(H2,17,18,19,20). The third-order valence-corrected chi connectivity index (χ3v) is 3.74. The van der Waals surface area contributed by atoms with Gasteiger partial charge in [0, 0.05) is 25.6 Å². The monoisotopic (exact) mass is 293 g/mol. The average molecular weight is 293 g/mol. The second kappa shape index (κ2) is 9.55. The van der Waals surface area contributed by atoms with Gasteiger partial charge in [-0.25, -0.2) is 9.97 Å². The minimum absolute atomic E-state index is 0.915. The van der Waals surface area contributed by atoms with Crippen LogP contribution in [0.4, 0.5) is 11.6 Å². The number of aromatic nitrogens is 2. The topological polar surface area (TPSA) is 53.1 Å². The van der Waals surface area contributed by atoms with Gasteiger partial charge < -0.3 is 15.5 Å². The van der Waals surface area contributed by atoms with Crippen molar-refractivity contribution in [1.82, 2.24) is 14.9 Å². The van der Waals surface area contributed by atoms with E-state index in [1.165, 1.54) is 0 Å². The fourth-order valence-corrected chi connectivity index (χ4v) is 2.36. The first kappa shape index (κ1) is 17.7. The molecule has 0 saturated carbocycles. The molecular weight excluding hydrogens is 262 g/mol. The number of nitrogens with zero attached hydrogens (tertiary/aromatic N) is 3. The number of rotatable bonds is 10. The first-order chi connectivity index (χ1) is 10.2. The third-order valence-electron chi connectivity index (χ3n) is 3.74. The van der Waals surface area contributed by atoms with Crippen LogP contribution in [0, 0.1) is 6.92 Å². The van der Waals surface area contributed by atoms with Crippen molar-refractivity contribution in [1.29, 1.82) is 0 Å². The van der Waals surface area contributed by atoms with Crippen molar-refractivity contribution in [3.8, 4) is 0 Å². The van der Waals surface area contributed by atoms with Gasteiger partial charge in [0.15, 0.2) is 0 Å². The van der Waals surface area contributed by atoms with E-state index in [1.54, 1.807) is 0 Å². The Morgan fingerprint density at radius 1 is 1.05 bits per heavy atom. The maximum absolute atomic E-state index is 4.65. The van der Waals surface area contributed by atoms with Crippen LogP contribution >= 0.6 is 0 Å². The average Bonchev–Trinajstić information content (AvgIpc) is 2.50. The molecule has 1 heterocycles. The Labute approximate surface area is 129 Å². The van der Waals surface area contributed by atoms with Gasteiger partial charge in [-0.05, 0) is 39.4 Å². The second-order valence-corrected chi connectivity index (χ2v) is 5.27. The molecule has 0 bridgehead atoms. The van der Waals surface area contributed by atoms with Crippen molar-refractivity contribution >= 4 is 11.6 Å². The van der Waals surface area contributed by atoms with Crippen molar-refractivity contribution in [2.45, 2.75) is 47.0 Å². The Bertz CT molecular complexity index is 415. The summed E-state index contributed by atoms with van der Waals surface area (Å²) in [5, 5.41) is 6.63. The molecule has 0 unspecified atom stereocenters. The number of hydrogen-bond donors (Lipinski definition) is 2. The van der Waals surface area contributed by atoms with E-state index < -0.39 is 0 Å². The number of hydrogen-bond acceptors (Lipinski definition) is 5. The molecule has 0 radical (unpaired) electrons. The number of aryl methyl sites for hydroxylation is 1. The molecule has 1 aromatic rings. The summed E-state index contributed by atoms with van der Waals surface area (Å²) in [6.45, 7) is 13.0. The van der Waals surface area contributed by atoms with Gasteiger partial charge in [0.05, 0.1) is 0 Å². The van der Waals surface area contributed by atoms with Gasteiger partial charge >= 0.3 is 0 Å². The molecule has 0 amide bonds. The molecule has 120 valence electrons. The van der Waals surface area contributed by atoms with Gasteiger partial charge in [0.25, 0.3) is 0 Å². The maximum Gasteiger partial charge on any atom is 0.134 e. The molecular formula is C16H31N5. The second-order valence-electron chi connectivity index (χ2n) is 5.27. The van der Waals surface area contributed by atoms with Crippen molar-refractivity contribution in [2.24, 2.45) is 0 Å². The summed E-state index contributed by atoms with van der Waals surface area (Å²) < 4.78 is 0. The van der Waals surface area contributed by atoms with E-state index >= 15 is 0 Å². The van der Waals surface area contributed by atoms with Gasteiger partial charge in [0.2, 0.25) is 0 Å². The molecule has 1 aromatic heterocycles. The molecule has 21 heavy (non-hydrogen) atoms. The summed E-state index contributed by atoms with van der Waals surface area (Å²) in [5.41, 5.74) is 1.10. The summed E-state index contributed by atoms with van der Waals surface area (Å²) in [6, 6.07) is 0. The zero-order valence-corrected chi connectivity index (χ0v) is 14.3. The molecule has 0 saturated heterocycles.